The molecule has 1 saturated carbocycles. The van der Waals surface area contributed by atoms with Crippen molar-refractivity contribution in [3.05, 3.63) is 53.6 Å². The van der Waals surface area contributed by atoms with Crippen LogP contribution in [0.2, 0.25) is 0 Å². The number of benzene rings is 2. The van der Waals surface area contributed by atoms with E-state index in [0.29, 0.717) is 12.5 Å². The molecule has 0 spiro atoms. The van der Waals surface area contributed by atoms with Gasteiger partial charge in [-0.05, 0) is 42.0 Å². The summed E-state index contributed by atoms with van der Waals surface area (Å²) in [5, 5.41) is 1.30. The summed E-state index contributed by atoms with van der Waals surface area (Å²) in [6.45, 7) is 0.438. The van der Waals surface area contributed by atoms with Gasteiger partial charge in [0.15, 0.2) is 0 Å². The van der Waals surface area contributed by atoms with Crippen molar-refractivity contribution in [2.75, 3.05) is 12.8 Å². The smallest absolute Gasteiger partial charge is 0.107 e. The summed E-state index contributed by atoms with van der Waals surface area (Å²) >= 11 is 0. The van der Waals surface area contributed by atoms with Crippen molar-refractivity contribution in [3.8, 4) is 11.3 Å². The van der Waals surface area contributed by atoms with Crippen molar-refractivity contribution >= 4 is 16.6 Å². The second kappa shape index (κ2) is 7.52. The van der Waals surface area contributed by atoms with Crippen molar-refractivity contribution in [1.82, 2.24) is 4.98 Å². The molecule has 3 aromatic rings. The molecule has 1 heterocycles. The fourth-order valence-electron chi connectivity index (χ4n) is 4.24. The number of fused-ring (bicyclic) bond motifs is 1. The number of aromatic nitrogens is 1. The van der Waals surface area contributed by atoms with Crippen LogP contribution < -0.4 is 5.73 Å². The standard InChI is InChI=1S/C22H26N2O2/c1-25-26-14-15-11-12-18-20(13-15)24-22(17-9-5-6-10-19(17)23)21(18)16-7-3-2-4-8-16/h5-6,9-13,16,24H,2-4,7-8,14,23H2,1H3. The van der Waals surface area contributed by atoms with Gasteiger partial charge in [-0.15, -0.1) is 0 Å². The zero-order valence-corrected chi connectivity index (χ0v) is 15.3. The lowest BCUT2D eigenvalue weighted by atomic mass is 9.81. The van der Waals surface area contributed by atoms with Crippen molar-refractivity contribution in [2.24, 2.45) is 0 Å². The third-order valence-electron chi connectivity index (χ3n) is 5.49. The van der Waals surface area contributed by atoms with E-state index < -0.39 is 0 Å². The monoisotopic (exact) mass is 350 g/mol. The first kappa shape index (κ1) is 17.1. The summed E-state index contributed by atoms with van der Waals surface area (Å²) < 4.78 is 0. The van der Waals surface area contributed by atoms with Gasteiger partial charge in [-0.1, -0.05) is 49.6 Å². The summed E-state index contributed by atoms with van der Waals surface area (Å²) in [5.74, 6) is 0.591. The quantitative estimate of drug-likeness (QED) is 0.361. The van der Waals surface area contributed by atoms with E-state index in [-0.39, 0.29) is 0 Å². The molecule has 3 N–H and O–H groups in total. The van der Waals surface area contributed by atoms with Crippen LogP contribution >= 0.6 is 0 Å². The average molecular weight is 350 g/mol. The van der Waals surface area contributed by atoms with Gasteiger partial charge in [0, 0.05) is 22.2 Å². The molecule has 0 aliphatic heterocycles. The summed E-state index contributed by atoms with van der Waals surface area (Å²) in [7, 11) is 1.53. The maximum absolute atomic E-state index is 6.31. The minimum atomic E-state index is 0.438. The number of nitrogens with two attached hydrogens (primary N) is 1. The number of anilines is 1. The number of para-hydroxylation sites is 1. The van der Waals surface area contributed by atoms with E-state index in [1.165, 1.54) is 55.9 Å². The van der Waals surface area contributed by atoms with E-state index in [1.807, 2.05) is 12.1 Å². The molecule has 4 heteroatoms. The number of H-pyrrole nitrogens is 1. The highest BCUT2D eigenvalue weighted by Crippen LogP contribution is 2.43. The molecule has 4 rings (SSSR count). The van der Waals surface area contributed by atoms with Crippen molar-refractivity contribution in [2.45, 2.75) is 44.6 Å². The van der Waals surface area contributed by atoms with Crippen LogP contribution in [-0.4, -0.2) is 12.1 Å². The molecule has 1 fully saturated rings. The van der Waals surface area contributed by atoms with E-state index >= 15 is 0 Å². The van der Waals surface area contributed by atoms with Crippen LogP contribution in [0.15, 0.2) is 42.5 Å². The third-order valence-corrected chi connectivity index (χ3v) is 5.49. The van der Waals surface area contributed by atoms with E-state index in [9.17, 15) is 0 Å². The van der Waals surface area contributed by atoms with Crippen LogP contribution in [-0.2, 0) is 16.4 Å². The number of hydrogen-bond donors (Lipinski definition) is 2. The molecule has 0 radical (unpaired) electrons. The maximum Gasteiger partial charge on any atom is 0.107 e. The first-order chi connectivity index (χ1) is 12.8. The number of nitrogens with one attached hydrogen (secondary N) is 1. The zero-order chi connectivity index (χ0) is 17.9. The molecule has 136 valence electrons. The molecule has 0 saturated heterocycles. The van der Waals surface area contributed by atoms with Crippen molar-refractivity contribution < 1.29 is 9.78 Å². The van der Waals surface area contributed by atoms with Gasteiger partial charge in [0.1, 0.15) is 6.61 Å². The minimum absolute atomic E-state index is 0.438. The Bertz CT molecular complexity index is 894. The van der Waals surface area contributed by atoms with Crippen molar-refractivity contribution in [3.63, 3.8) is 0 Å². The number of hydrogen-bond acceptors (Lipinski definition) is 3. The minimum Gasteiger partial charge on any atom is -0.398 e. The molecule has 1 aliphatic carbocycles. The topological polar surface area (TPSA) is 60.3 Å². The lowest BCUT2D eigenvalue weighted by Crippen LogP contribution is -2.05. The Morgan fingerprint density at radius 3 is 2.65 bits per heavy atom. The molecule has 26 heavy (non-hydrogen) atoms. The summed E-state index contributed by atoms with van der Waals surface area (Å²) in [4.78, 5) is 13.5. The Morgan fingerprint density at radius 1 is 1.08 bits per heavy atom. The fourth-order valence-corrected chi connectivity index (χ4v) is 4.24. The lowest BCUT2D eigenvalue weighted by Gasteiger charge is -2.23. The molecule has 0 amide bonds. The first-order valence-electron chi connectivity index (χ1n) is 9.43. The Balaban J connectivity index is 1.86. The van der Waals surface area contributed by atoms with Crippen LogP contribution in [0.4, 0.5) is 5.69 Å². The summed E-state index contributed by atoms with van der Waals surface area (Å²) in [6.07, 6.45) is 6.46. The molecule has 0 unspecified atom stereocenters. The molecule has 0 bridgehead atoms. The fraction of sp³-hybridized carbons (Fsp3) is 0.364. The molecular weight excluding hydrogens is 324 g/mol. The highest BCUT2D eigenvalue weighted by molar-refractivity contribution is 5.94. The Kier molecular flexibility index (Phi) is 4.96. The lowest BCUT2D eigenvalue weighted by molar-refractivity contribution is -0.282. The van der Waals surface area contributed by atoms with Gasteiger partial charge in [-0.3, -0.25) is 0 Å². The van der Waals surface area contributed by atoms with Gasteiger partial charge in [0.05, 0.1) is 12.8 Å². The van der Waals surface area contributed by atoms with E-state index in [4.69, 9.17) is 15.5 Å². The van der Waals surface area contributed by atoms with Crippen LogP contribution in [0.3, 0.4) is 0 Å². The second-order valence-corrected chi connectivity index (χ2v) is 7.14. The second-order valence-electron chi connectivity index (χ2n) is 7.14. The number of aromatic amines is 1. The van der Waals surface area contributed by atoms with Gasteiger partial charge in [-0.25, -0.2) is 9.78 Å². The van der Waals surface area contributed by atoms with Gasteiger partial charge in [0.25, 0.3) is 0 Å². The molecular formula is C22H26N2O2. The van der Waals surface area contributed by atoms with Crippen LogP contribution in [0.5, 0.6) is 0 Å². The largest absolute Gasteiger partial charge is 0.398 e. The Morgan fingerprint density at radius 2 is 1.88 bits per heavy atom. The number of nitrogen functional groups attached to an aromatic ring is 1. The Labute approximate surface area is 154 Å². The van der Waals surface area contributed by atoms with Crippen LogP contribution in [0.25, 0.3) is 22.2 Å². The van der Waals surface area contributed by atoms with Gasteiger partial charge in [0.2, 0.25) is 0 Å². The average Bonchev–Trinajstić information content (AvgIpc) is 3.05. The van der Waals surface area contributed by atoms with E-state index in [0.717, 1.165) is 22.3 Å². The molecule has 1 aromatic heterocycles. The molecule has 0 atom stereocenters. The van der Waals surface area contributed by atoms with E-state index in [1.54, 1.807) is 0 Å². The van der Waals surface area contributed by atoms with Gasteiger partial charge in [-0.2, -0.15) is 0 Å². The normalized spacial score (nSPS) is 15.6. The Hall–Kier alpha value is -2.30. The molecule has 2 aromatic carbocycles. The zero-order valence-electron chi connectivity index (χ0n) is 15.3. The first-order valence-corrected chi connectivity index (χ1v) is 9.43. The van der Waals surface area contributed by atoms with E-state index in [2.05, 4.69) is 35.3 Å². The molecule has 1 aliphatic rings. The van der Waals surface area contributed by atoms with Gasteiger partial charge >= 0.3 is 0 Å². The molecule has 4 nitrogen and oxygen atoms in total. The summed E-state index contributed by atoms with van der Waals surface area (Å²) in [5.41, 5.74) is 13.1. The maximum atomic E-state index is 6.31. The predicted octanol–water partition coefficient (Wildman–Crippen LogP) is 5.54. The summed E-state index contributed by atoms with van der Waals surface area (Å²) in [6, 6.07) is 14.6. The van der Waals surface area contributed by atoms with Crippen LogP contribution in [0, 0.1) is 0 Å². The highest BCUT2D eigenvalue weighted by Gasteiger charge is 2.24. The SMILES string of the molecule is COOCc1ccc2c(C3CCCCC3)c(-c3ccccc3N)[nH]c2c1. The van der Waals surface area contributed by atoms with Crippen molar-refractivity contribution in [1.29, 1.82) is 0 Å². The van der Waals surface area contributed by atoms with Crippen LogP contribution in [0.1, 0.15) is 49.1 Å². The predicted molar refractivity (Wildman–Crippen MR) is 106 cm³/mol. The number of rotatable bonds is 5. The third kappa shape index (κ3) is 3.22. The van der Waals surface area contributed by atoms with Gasteiger partial charge < -0.3 is 10.7 Å². The highest BCUT2D eigenvalue weighted by atomic mass is 17.2.